The van der Waals surface area contributed by atoms with Gasteiger partial charge in [-0.15, -0.1) is 34.2 Å². The molecule has 2 aliphatic rings. The van der Waals surface area contributed by atoms with E-state index >= 15 is 0 Å². The predicted molar refractivity (Wildman–Crippen MR) is 139 cm³/mol. The van der Waals surface area contributed by atoms with Crippen molar-refractivity contribution in [1.82, 2.24) is 25.4 Å². The lowest BCUT2D eigenvalue weighted by Gasteiger charge is -2.32. The molecule has 0 bridgehead atoms. The number of nitrogens with one attached hydrogen (secondary N) is 2. The van der Waals surface area contributed by atoms with Crippen LogP contribution < -0.4 is 10.6 Å². The molecule has 0 saturated carbocycles. The maximum Gasteiger partial charge on any atom is 0.191 e. The number of benzene rings is 1. The summed E-state index contributed by atoms with van der Waals surface area (Å²) in [6.07, 6.45) is 8.05. The van der Waals surface area contributed by atoms with Crippen molar-refractivity contribution in [3.8, 4) is 0 Å². The highest BCUT2D eigenvalue weighted by atomic mass is 127. The number of rotatable bonds is 6. The van der Waals surface area contributed by atoms with Gasteiger partial charge in [0.1, 0.15) is 11.6 Å². The number of guanidine groups is 1. The Balaban J connectivity index is 0.00000289. The molecule has 2 aliphatic heterocycles. The number of nitrogens with zero attached hydrogens (tertiary/aromatic N) is 4. The largest absolute Gasteiger partial charge is 0.373 e. The first-order chi connectivity index (χ1) is 15.2. The monoisotopic (exact) mass is 552 g/mol. The third-order valence-corrected chi connectivity index (χ3v) is 6.43. The Morgan fingerprint density at radius 3 is 2.78 bits per heavy atom. The fraction of sp³-hybridized carbons (Fsp3) is 0.625. The van der Waals surface area contributed by atoms with Crippen molar-refractivity contribution < 1.29 is 4.74 Å². The van der Waals surface area contributed by atoms with Gasteiger partial charge in [-0.2, -0.15) is 0 Å². The van der Waals surface area contributed by atoms with E-state index in [1.807, 2.05) is 7.05 Å². The summed E-state index contributed by atoms with van der Waals surface area (Å²) in [6, 6.07) is 8.74. The average Bonchev–Trinajstić information content (AvgIpc) is 3.02. The van der Waals surface area contributed by atoms with Crippen LogP contribution >= 0.6 is 24.0 Å². The van der Waals surface area contributed by atoms with Crippen LogP contribution in [0.1, 0.15) is 61.0 Å². The first-order valence-corrected chi connectivity index (χ1v) is 11.8. The third kappa shape index (κ3) is 6.43. The summed E-state index contributed by atoms with van der Waals surface area (Å²) in [5, 5.41) is 15.8. The Kier molecular flexibility index (Phi) is 9.77. The topological polar surface area (TPSA) is 76.4 Å². The second-order valence-electron chi connectivity index (χ2n) is 8.73. The Morgan fingerprint density at radius 2 is 1.97 bits per heavy atom. The minimum absolute atomic E-state index is 0. The summed E-state index contributed by atoms with van der Waals surface area (Å²) >= 11 is 0. The summed E-state index contributed by atoms with van der Waals surface area (Å²) in [7, 11) is 1.83. The fourth-order valence-electron chi connectivity index (χ4n) is 4.65. The molecule has 0 amide bonds. The molecule has 176 valence electrons. The van der Waals surface area contributed by atoms with E-state index in [1.54, 1.807) is 0 Å². The lowest BCUT2D eigenvalue weighted by molar-refractivity contribution is -0.0265. The molecule has 2 unspecified atom stereocenters. The molecule has 32 heavy (non-hydrogen) atoms. The van der Waals surface area contributed by atoms with Gasteiger partial charge in [0.25, 0.3) is 0 Å². The van der Waals surface area contributed by atoms with Crippen molar-refractivity contribution in [2.24, 2.45) is 10.9 Å². The van der Waals surface area contributed by atoms with E-state index in [9.17, 15) is 0 Å². The SMILES string of the molecule is CN=C(NCCc1nnc2n1CCCCC2)NCC1CCCOC1c1ccc(C)cc1.I. The van der Waals surface area contributed by atoms with E-state index in [1.165, 1.54) is 30.4 Å². The molecule has 2 atom stereocenters. The maximum atomic E-state index is 6.16. The van der Waals surface area contributed by atoms with Gasteiger partial charge in [-0.05, 0) is 38.2 Å². The van der Waals surface area contributed by atoms with Crippen molar-refractivity contribution in [2.45, 2.75) is 64.5 Å². The number of halogens is 1. The van der Waals surface area contributed by atoms with Crippen molar-refractivity contribution in [1.29, 1.82) is 0 Å². The van der Waals surface area contributed by atoms with Crippen LogP contribution in [0.3, 0.4) is 0 Å². The maximum absolute atomic E-state index is 6.16. The predicted octanol–water partition coefficient (Wildman–Crippen LogP) is 3.81. The second kappa shape index (κ2) is 12.5. The third-order valence-electron chi connectivity index (χ3n) is 6.43. The zero-order valence-electron chi connectivity index (χ0n) is 19.3. The van der Waals surface area contributed by atoms with Crippen LogP contribution in [0, 0.1) is 12.8 Å². The number of aromatic nitrogens is 3. The average molecular weight is 553 g/mol. The highest BCUT2D eigenvalue weighted by Crippen LogP contribution is 2.33. The van der Waals surface area contributed by atoms with Gasteiger partial charge in [-0.1, -0.05) is 36.2 Å². The van der Waals surface area contributed by atoms with E-state index in [-0.39, 0.29) is 30.1 Å². The number of fused-ring (bicyclic) bond motifs is 1. The van der Waals surface area contributed by atoms with E-state index in [4.69, 9.17) is 4.74 Å². The second-order valence-corrected chi connectivity index (χ2v) is 8.73. The quantitative estimate of drug-likeness (QED) is 0.324. The summed E-state index contributed by atoms with van der Waals surface area (Å²) in [4.78, 5) is 4.41. The molecule has 2 aromatic rings. The van der Waals surface area contributed by atoms with Crippen LogP contribution in [0.15, 0.2) is 29.3 Å². The molecular weight excluding hydrogens is 515 g/mol. The Hall–Kier alpha value is -1.68. The van der Waals surface area contributed by atoms with Gasteiger partial charge in [0.15, 0.2) is 5.96 Å². The van der Waals surface area contributed by atoms with Gasteiger partial charge in [0, 0.05) is 52.0 Å². The molecule has 0 radical (unpaired) electrons. The van der Waals surface area contributed by atoms with E-state index < -0.39 is 0 Å². The van der Waals surface area contributed by atoms with Gasteiger partial charge < -0.3 is 19.9 Å². The molecule has 8 heteroatoms. The first kappa shape index (κ1) is 25.0. The van der Waals surface area contributed by atoms with Crippen molar-refractivity contribution >= 4 is 29.9 Å². The van der Waals surface area contributed by atoms with Crippen LogP contribution in [0.2, 0.25) is 0 Å². The van der Waals surface area contributed by atoms with Crippen LogP contribution in [-0.2, 0) is 24.1 Å². The van der Waals surface area contributed by atoms with Gasteiger partial charge >= 0.3 is 0 Å². The first-order valence-electron chi connectivity index (χ1n) is 11.8. The van der Waals surface area contributed by atoms with E-state index in [0.29, 0.717) is 5.92 Å². The van der Waals surface area contributed by atoms with Crippen molar-refractivity contribution in [3.63, 3.8) is 0 Å². The minimum atomic E-state index is 0. The number of aryl methyl sites for hydroxylation is 2. The van der Waals surface area contributed by atoms with Crippen molar-refractivity contribution in [2.75, 3.05) is 26.7 Å². The van der Waals surface area contributed by atoms with E-state index in [0.717, 1.165) is 69.5 Å². The standard InChI is InChI=1S/C24H36N6O.HI/c1-18-9-11-19(12-10-18)23-20(7-6-16-31-23)17-27-24(25-2)26-14-13-22-29-28-21-8-4-3-5-15-30(21)22;/h9-12,20,23H,3-8,13-17H2,1-2H3,(H2,25,26,27);1H. The smallest absolute Gasteiger partial charge is 0.191 e. The fourth-order valence-corrected chi connectivity index (χ4v) is 4.65. The van der Waals surface area contributed by atoms with Gasteiger partial charge in [0.05, 0.1) is 6.10 Å². The summed E-state index contributed by atoms with van der Waals surface area (Å²) in [5.74, 6) is 3.50. The molecule has 1 aromatic carbocycles. The zero-order chi connectivity index (χ0) is 21.5. The lowest BCUT2D eigenvalue weighted by Crippen LogP contribution is -2.42. The van der Waals surface area contributed by atoms with Gasteiger partial charge in [-0.3, -0.25) is 4.99 Å². The molecule has 2 N–H and O–H groups in total. The highest BCUT2D eigenvalue weighted by molar-refractivity contribution is 14.0. The number of hydrogen-bond donors (Lipinski definition) is 2. The Bertz CT molecular complexity index is 866. The van der Waals surface area contributed by atoms with E-state index in [2.05, 4.69) is 61.6 Å². The van der Waals surface area contributed by atoms with Crippen LogP contribution in [0.5, 0.6) is 0 Å². The van der Waals surface area contributed by atoms with Crippen molar-refractivity contribution in [3.05, 3.63) is 47.0 Å². The summed E-state index contributed by atoms with van der Waals surface area (Å²) in [5.41, 5.74) is 2.55. The molecule has 0 spiro atoms. The summed E-state index contributed by atoms with van der Waals surface area (Å²) in [6.45, 7) is 5.65. The lowest BCUT2D eigenvalue weighted by atomic mass is 9.89. The molecule has 0 aliphatic carbocycles. The molecule has 4 rings (SSSR count). The number of hydrogen-bond acceptors (Lipinski definition) is 4. The number of aliphatic imine (C=N–C) groups is 1. The zero-order valence-corrected chi connectivity index (χ0v) is 21.7. The normalized spacial score (nSPS) is 21.2. The Labute approximate surface area is 208 Å². The van der Waals surface area contributed by atoms with Crippen LogP contribution in [-0.4, -0.2) is 47.5 Å². The van der Waals surface area contributed by atoms with Crippen LogP contribution in [0.25, 0.3) is 0 Å². The highest BCUT2D eigenvalue weighted by Gasteiger charge is 2.27. The van der Waals surface area contributed by atoms with Gasteiger partial charge in [-0.25, -0.2) is 0 Å². The molecule has 1 saturated heterocycles. The number of ether oxygens (including phenoxy) is 1. The van der Waals surface area contributed by atoms with Gasteiger partial charge in [0.2, 0.25) is 0 Å². The molecule has 3 heterocycles. The molecular formula is C24H37IN6O. The minimum Gasteiger partial charge on any atom is -0.373 e. The summed E-state index contributed by atoms with van der Waals surface area (Å²) < 4.78 is 8.47. The molecule has 7 nitrogen and oxygen atoms in total. The molecule has 1 fully saturated rings. The Morgan fingerprint density at radius 1 is 1.12 bits per heavy atom. The molecule has 1 aromatic heterocycles. The van der Waals surface area contributed by atoms with Crippen LogP contribution in [0.4, 0.5) is 0 Å².